The molecule has 1 amide bonds. The molecular formula is C25H27Cl2N5O3. The predicted molar refractivity (Wildman–Crippen MR) is 135 cm³/mol. The van der Waals surface area contributed by atoms with Gasteiger partial charge in [-0.2, -0.15) is 0 Å². The minimum Gasteiger partial charge on any atom is -0.469 e. The highest BCUT2D eigenvalue weighted by molar-refractivity contribution is 6.45. The molecule has 2 fully saturated rings. The molecule has 2 aromatic heterocycles. The Balaban J connectivity index is 1.43. The molecule has 2 aliphatic heterocycles. The molecule has 0 bridgehead atoms. The van der Waals surface area contributed by atoms with Gasteiger partial charge >= 0.3 is 5.97 Å². The number of carbonyl (C=O) groups is 2. The molecule has 35 heavy (non-hydrogen) atoms. The third-order valence-electron chi connectivity index (χ3n) is 7.01. The van der Waals surface area contributed by atoms with Crippen LogP contribution in [0.2, 0.25) is 10.0 Å². The number of imidazole rings is 1. The molecule has 5 rings (SSSR count). The van der Waals surface area contributed by atoms with Crippen molar-refractivity contribution in [2.45, 2.75) is 38.1 Å². The molecule has 3 aromatic rings. The van der Waals surface area contributed by atoms with E-state index in [0.717, 1.165) is 49.1 Å². The van der Waals surface area contributed by atoms with Crippen molar-refractivity contribution in [3.05, 3.63) is 47.0 Å². The Morgan fingerprint density at radius 1 is 1.17 bits per heavy atom. The van der Waals surface area contributed by atoms with Crippen LogP contribution in [0, 0.1) is 5.92 Å². The maximum Gasteiger partial charge on any atom is 0.310 e. The highest BCUT2D eigenvalue weighted by Gasteiger charge is 2.33. The summed E-state index contributed by atoms with van der Waals surface area (Å²) >= 11 is 12.9. The van der Waals surface area contributed by atoms with E-state index in [4.69, 9.17) is 32.9 Å². The van der Waals surface area contributed by atoms with Crippen molar-refractivity contribution in [2.75, 3.05) is 31.6 Å². The van der Waals surface area contributed by atoms with Crippen molar-refractivity contribution in [3.63, 3.8) is 0 Å². The fourth-order valence-corrected chi connectivity index (χ4v) is 5.57. The predicted octanol–water partition coefficient (Wildman–Crippen LogP) is 4.50. The van der Waals surface area contributed by atoms with E-state index >= 15 is 0 Å². The fraction of sp³-hybridized carbons (Fsp3) is 0.440. The van der Waals surface area contributed by atoms with Gasteiger partial charge in [0.05, 0.1) is 40.6 Å². The molecule has 0 radical (unpaired) electrons. The van der Waals surface area contributed by atoms with Crippen LogP contribution in [0.4, 0.5) is 5.82 Å². The number of esters is 1. The van der Waals surface area contributed by atoms with Crippen LogP contribution >= 0.6 is 23.2 Å². The lowest BCUT2D eigenvalue weighted by atomic mass is 9.97. The summed E-state index contributed by atoms with van der Waals surface area (Å²) in [6.07, 6.45) is 9.13. The Morgan fingerprint density at radius 3 is 2.77 bits per heavy atom. The first-order valence-electron chi connectivity index (χ1n) is 11.9. The maximum absolute atomic E-state index is 13.2. The number of carbonyl (C=O) groups excluding carboxylic acids is 2. The molecule has 10 heteroatoms. The molecule has 0 N–H and O–H groups in total. The van der Waals surface area contributed by atoms with Crippen LogP contribution in [-0.4, -0.2) is 64.1 Å². The second-order valence-corrected chi connectivity index (χ2v) is 9.91. The first-order chi connectivity index (χ1) is 17.0. The average Bonchev–Trinajstić information content (AvgIpc) is 3.58. The quantitative estimate of drug-likeness (QED) is 0.465. The van der Waals surface area contributed by atoms with Crippen molar-refractivity contribution < 1.29 is 14.3 Å². The molecular weight excluding hydrogens is 489 g/mol. The van der Waals surface area contributed by atoms with Crippen molar-refractivity contribution in [3.8, 4) is 5.69 Å². The van der Waals surface area contributed by atoms with Gasteiger partial charge in [-0.05, 0) is 37.8 Å². The molecule has 4 heterocycles. The second kappa shape index (κ2) is 10.0. The summed E-state index contributed by atoms with van der Waals surface area (Å²) in [7, 11) is 1.40. The maximum atomic E-state index is 13.2. The van der Waals surface area contributed by atoms with Gasteiger partial charge in [0.2, 0.25) is 5.91 Å². The zero-order chi connectivity index (χ0) is 24.5. The summed E-state index contributed by atoms with van der Waals surface area (Å²) in [5, 5.41) is 1.72. The molecule has 1 unspecified atom stereocenters. The lowest BCUT2D eigenvalue weighted by molar-refractivity contribution is -0.149. The van der Waals surface area contributed by atoms with Crippen LogP contribution < -0.4 is 4.90 Å². The van der Waals surface area contributed by atoms with Crippen molar-refractivity contribution >= 4 is 51.8 Å². The van der Waals surface area contributed by atoms with E-state index in [1.54, 1.807) is 18.6 Å². The summed E-state index contributed by atoms with van der Waals surface area (Å²) in [4.78, 5) is 38.3. The van der Waals surface area contributed by atoms with Gasteiger partial charge in [0, 0.05) is 55.9 Å². The number of methoxy groups -OCH3 is 1. The number of anilines is 1. The first-order valence-corrected chi connectivity index (χ1v) is 12.6. The third-order valence-corrected chi connectivity index (χ3v) is 7.80. The molecule has 0 spiro atoms. The number of aromatic nitrogens is 3. The number of halogens is 2. The minimum atomic E-state index is -0.246. The van der Waals surface area contributed by atoms with Gasteiger partial charge in [0.25, 0.3) is 0 Å². The average molecular weight is 516 g/mol. The number of ether oxygens (including phenoxy) is 1. The van der Waals surface area contributed by atoms with Crippen LogP contribution in [0.25, 0.3) is 16.6 Å². The van der Waals surface area contributed by atoms with Crippen LogP contribution in [0.5, 0.6) is 0 Å². The lowest BCUT2D eigenvalue weighted by Gasteiger charge is -2.33. The van der Waals surface area contributed by atoms with E-state index < -0.39 is 0 Å². The summed E-state index contributed by atoms with van der Waals surface area (Å²) in [5.74, 6) is 0.330. The van der Waals surface area contributed by atoms with Crippen molar-refractivity contribution in [2.24, 2.45) is 5.92 Å². The number of likely N-dealkylation sites (tertiary alicyclic amines) is 1. The van der Waals surface area contributed by atoms with Crippen LogP contribution in [0.15, 0.2) is 36.9 Å². The van der Waals surface area contributed by atoms with E-state index in [1.807, 2.05) is 27.8 Å². The Bertz CT molecular complexity index is 1250. The number of hydrogen-bond acceptors (Lipinski definition) is 6. The highest BCUT2D eigenvalue weighted by atomic mass is 35.5. The number of rotatable bonds is 5. The number of amides is 1. The summed E-state index contributed by atoms with van der Waals surface area (Å²) in [5.41, 5.74) is 1.52. The third kappa shape index (κ3) is 4.69. The van der Waals surface area contributed by atoms with Crippen LogP contribution in [0.1, 0.15) is 32.1 Å². The van der Waals surface area contributed by atoms with Gasteiger partial charge in [-0.3, -0.25) is 9.59 Å². The molecule has 2 atom stereocenters. The monoisotopic (exact) mass is 515 g/mol. The number of nitrogens with zero attached hydrogens (tertiary/aromatic N) is 5. The molecule has 0 aliphatic carbocycles. The molecule has 2 aliphatic rings. The number of piperidine rings is 1. The second-order valence-electron chi connectivity index (χ2n) is 9.12. The summed E-state index contributed by atoms with van der Waals surface area (Å²) in [6, 6.07) is 5.71. The molecule has 184 valence electrons. The Kier molecular flexibility index (Phi) is 6.84. The van der Waals surface area contributed by atoms with E-state index in [-0.39, 0.29) is 23.8 Å². The van der Waals surface area contributed by atoms with Gasteiger partial charge in [0.15, 0.2) is 0 Å². The highest BCUT2D eigenvalue weighted by Crippen LogP contribution is 2.36. The van der Waals surface area contributed by atoms with Gasteiger partial charge in [-0.1, -0.05) is 23.2 Å². The standard InChI is InChI=1S/C25H27Cl2N5O3/c1-35-25(34)16-4-2-9-30(14-16)22(33)12-17-5-3-10-32(17)21-13-20(31-11-8-28-15-31)18-6-7-19(26)23(27)24(18)29-21/h6-8,11,13,15-17H,2-5,9-10,12,14H2,1H3/t16?,17-/m0/s1. The summed E-state index contributed by atoms with van der Waals surface area (Å²) < 4.78 is 6.83. The zero-order valence-corrected chi connectivity index (χ0v) is 21.0. The normalized spacial score (nSPS) is 20.4. The lowest BCUT2D eigenvalue weighted by Crippen LogP contribution is -2.45. The van der Waals surface area contributed by atoms with E-state index in [9.17, 15) is 9.59 Å². The topological polar surface area (TPSA) is 80.6 Å². The Labute approximate surface area is 213 Å². The zero-order valence-electron chi connectivity index (χ0n) is 19.5. The Morgan fingerprint density at radius 2 is 2.00 bits per heavy atom. The summed E-state index contributed by atoms with van der Waals surface area (Å²) in [6.45, 7) is 1.89. The van der Waals surface area contributed by atoms with Crippen LogP contribution in [0.3, 0.4) is 0 Å². The molecule has 2 saturated heterocycles. The molecule has 8 nitrogen and oxygen atoms in total. The number of pyridine rings is 1. The van der Waals surface area contributed by atoms with Gasteiger partial charge in [0.1, 0.15) is 5.82 Å². The SMILES string of the molecule is COC(=O)C1CCCN(C(=O)C[C@@H]2CCCN2c2cc(-n3ccnc3)c3ccc(Cl)c(Cl)c3n2)C1. The van der Waals surface area contributed by atoms with Crippen molar-refractivity contribution in [1.82, 2.24) is 19.4 Å². The minimum absolute atomic E-state index is 0.0135. The van der Waals surface area contributed by atoms with Crippen molar-refractivity contribution in [1.29, 1.82) is 0 Å². The van der Waals surface area contributed by atoms with Gasteiger partial charge < -0.3 is 19.1 Å². The number of fused-ring (bicyclic) bond motifs is 1. The van der Waals surface area contributed by atoms with Crippen LogP contribution in [-0.2, 0) is 14.3 Å². The number of benzene rings is 1. The Hall–Kier alpha value is -2.84. The fourth-order valence-electron chi connectivity index (χ4n) is 5.21. The first kappa shape index (κ1) is 23.9. The molecule has 0 saturated carbocycles. The smallest absolute Gasteiger partial charge is 0.310 e. The van der Waals surface area contributed by atoms with E-state index in [1.165, 1.54) is 7.11 Å². The van der Waals surface area contributed by atoms with Gasteiger partial charge in [-0.15, -0.1) is 0 Å². The van der Waals surface area contributed by atoms with Gasteiger partial charge in [-0.25, -0.2) is 9.97 Å². The van der Waals surface area contributed by atoms with E-state index in [2.05, 4.69) is 9.88 Å². The largest absolute Gasteiger partial charge is 0.469 e. The van der Waals surface area contributed by atoms with E-state index in [0.29, 0.717) is 35.1 Å². The molecule has 1 aromatic carbocycles. The number of hydrogen-bond donors (Lipinski definition) is 0.